The summed E-state index contributed by atoms with van der Waals surface area (Å²) in [7, 11) is 1.84. The maximum Gasteiger partial charge on any atom is 0.256 e. The predicted molar refractivity (Wildman–Crippen MR) is 64.8 cm³/mol. The molecule has 0 radical (unpaired) electrons. The lowest BCUT2D eigenvalue weighted by Crippen LogP contribution is -2.46. The summed E-state index contributed by atoms with van der Waals surface area (Å²) in [5, 5.41) is 6.29. The molecule has 1 aliphatic rings. The van der Waals surface area contributed by atoms with Crippen molar-refractivity contribution in [2.45, 2.75) is 0 Å². The number of rotatable bonds is 2. The summed E-state index contributed by atoms with van der Waals surface area (Å²) in [5.41, 5.74) is 1.65. The van der Waals surface area contributed by atoms with Gasteiger partial charge in [0.05, 0.1) is 5.56 Å². The molecule has 0 unspecified atom stereocenters. The van der Waals surface area contributed by atoms with Gasteiger partial charge in [-0.15, -0.1) is 0 Å². The predicted octanol–water partition coefficient (Wildman–Crippen LogP) is 0.774. The van der Waals surface area contributed by atoms with Gasteiger partial charge < -0.3 is 15.5 Å². The van der Waals surface area contributed by atoms with Gasteiger partial charge >= 0.3 is 0 Å². The molecule has 0 saturated carbocycles. The third kappa shape index (κ3) is 2.17. The van der Waals surface area contributed by atoms with Crippen LogP contribution >= 0.6 is 0 Å². The molecule has 1 fully saturated rings. The number of carbonyl (C=O) groups is 1. The van der Waals surface area contributed by atoms with Gasteiger partial charge in [-0.25, -0.2) is 0 Å². The maximum atomic E-state index is 12.2. The monoisotopic (exact) mass is 219 g/mol. The first-order valence-electron chi connectivity index (χ1n) is 5.59. The fourth-order valence-corrected chi connectivity index (χ4v) is 1.93. The molecule has 0 spiro atoms. The second-order valence-corrected chi connectivity index (χ2v) is 3.84. The number of hydrogen-bond donors (Lipinski definition) is 2. The van der Waals surface area contributed by atoms with E-state index in [1.807, 2.05) is 36.2 Å². The van der Waals surface area contributed by atoms with Crippen LogP contribution in [0.1, 0.15) is 10.4 Å². The zero-order chi connectivity index (χ0) is 11.4. The van der Waals surface area contributed by atoms with Gasteiger partial charge in [0.2, 0.25) is 0 Å². The van der Waals surface area contributed by atoms with Crippen LogP contribution in [0.5, 0.6) is 0 Å². The molecule has 4 nitrogen and oxygen atoms in total. The zero-order valence-electron chi connectivity index (χ0n) is 9.49. The molecule has 1 aromatic rings. The van der Waals surface area contributed by atoms with Gasteiger partial charge in [-0.1, -0.05) is 12.1 Å². The molecule has 0 aromatic heterocycles. The van der Waals surface area contributed by atoms with Crippen molar-refractivity contribution in [1.82, 2.24) is 10.2 Å². The van der Waals surface area contributed by atoms with Crippen molar-refractivity contribution in [3.63, 3.8) is 0 Å². The Morgan fingerprint density at radius 1 is 1.31 bits per heavy atom. The van der Waals surface area contributed by atoms with Crippen molar-refractivity contribution in [3.05, 3.63) is 29.8 Å². The number of benzene rings is 1. The van der Waals surface area contributed by atoms with Gasteiger partial charge in [-0.3, -0.25) is 4.79 Å². The number of carbonyl (C=O) groups excluding carboxylic acids is 1. The Balaban J connectivity index is 2.19. The zero-order valence-corrected chi connectivity index (χ0v) is 9.49. The maximum absolute atomic E-state index is 12.2. The molecule has 1 heterocycles. The lowest BCUT2D eigenvalue weighted by atomic mass is 10.1. The van der Waals surface area contributed by atoms with Gasteiger partial charge in [0.1, 0.15) is 0 Å². The molecule has 4 heteroatoms. The second-order valence-electron chi connectivity index (χ2n) is 3.84. The van der Waals surface area contributed by atoms with Crippen LogP contribution in [-0.4, -0.2) is 44.0 Å². The van der Waals surface area contributed by atoms with Crippen LogP contribution in [-0.2, 0) is 0 Å². The fraction of sp³-hybridized carbons (Fsp3) is 0.417. The highest BCUT2D eigenvalue weighted by Gasteiger charge is 2.19. The Morgan fingerprint density at radius 2 is 2.00 bits per heavy atom. The van der Waals surface area contributed by atoms with Gasteiger partial charge in [-0.05, 0) is 12.1 Å². The highest BCUT2D eigenvalue weighted by atomic mass is 16.2. The molecular weight excluding hydrogens is 202 g/mol. The van der Waals surface area contributed by atoms with E-state index in [0.29, 0.717) is 0 Å². The summed E-state index contributed by atoms with van der Waals surface area (Å²) in [6.07, 6.45) is 0. The highest BCUT2D eigenvalue weighted by Crippen LogP contribution is 2.16. The van der Waals surface area contributed by atoms with Crippen LogP contribution in [0.3, 0.4) is 0 Å². The van der Waals surface area contributed by atoms with E-state index in [1.165, 1.54) is 0 Å². The summed E-state index contributed by atoms with van der Waals surface area (Å²) < 4.78 is 0. The Kier molecular flexibility index (Phi) is 3.41. The van der Waals surface area contributed by atoms with E-state index in [1.54, 1.807) is 0 Å². The molecule has 2 N–H and O–H groups in total. The van der Waals surface area contributed by atoms with Crippen LogP contribution in [0.2, 0.25) is 0 Å². The summed E-state index contributed by atoms with van der Waals surface area (Å²) in [4.78, 5) is 14.1. The number of hydrogen-bond acceptors (Lipinski definition) is 3. The summed E-state index contributed by atoms with van der Waals surface area (Å²) in [6.45, 7) is 3.34. The third-order valence-electron chi connectivity index (χ3n) is 2.83. The number of para-hydroxylation sites is 1. The third-order valence-corrected chi connectivity index (χ3v) is 2.83. The number of nitrogens with zero attached hydrogens (tertiary/aromatic N) is 1. The summed E-state index contributed by atoms with van der Waals surface area (Å²) in [6, 6.07) is 7.63. The Labute approximate surface area is 95.6 Å². The average Bonchev–Trinajstić information content (AvgIpc) is 2.39. The van der Waals surface area contributed by atoms with Crippen LogP contribution < -0.4 is 10.6 Å². The highest BCUT2D eigenvalue weighted by molar-refractivity contribution is 5.99. The van der Waals surface area contributed by atoms with E-state index >= 15 is 0 Å². The standard InChI is InChI=1S/C12H17N3O/c1-13-11-5-3-2-4-10(11)12(16)15-8-6-14-7-9-15/h2-5,13-14H,6-9H2,1H3. The molecular formula is C12H17N3O. The normalized spacial score (nSPS) is 15.9. The van der Waals surface area contributed by atoms with Crippen molar-refractivity contribution < 1.29 is 4.79 Å². The molecule has 0 aliphatic carbocycles. The van der Waals surface area contributed by atoms with Crippen molar-refractivity contribution in [2.24, 2.45) is 0 Å². The van der Waals surface area contributed by atoms with Crippen LogP contribution in [0.15, 0.2) is 24.3 Å². The Bertz CT molecular complexity index is 372. The lowest BCUT2D eigenvalue weighted by molar-refractivity contribution is 0.0737. The largest absolute Gasteiger partial charge is 0.387 e. The van der Waals surface area contributed by atoms with Crippen LogP contribution in [0, 0.1) is 0 Å². The number of piperazine rings is 1. The van der Waals surface area contributed by atoms with Crippen LogP contribution in [0.25, 0.3) is 0 Å². The SMILES string of the molecule is CNc1ccccc1C(=O)N1CCNCC1. The number of amides is 1. The summed E-state index contributed by atoms with van der Waals surface area (Å²) >= 11 is 0. The number of nitrogens with one attached hydrogen (secondary N) is 2. The van der Waals surface area contributed by atoms with Gasteiger partial charge in [0.25, 0.3) is 5.91 Å². The van der Waals surface area contributed by atoms with Crippen LogP contribution in [0.4, 0.5) is 5.69 Å². The Morgan fingerprint density at radius 3 is 2.69 bits per heavy atom. The fourth-order valence-electron chi connectivity index (χ4n) is 1.93. The van der Waals surface area contributed by atoms with E-state index in [2.05, 4.69) is 10.6 Å². The number of anilines is 1. The molecule has 1 aliphatic heterocycles. The Hall–Kier alpha value is -1.55. The van der Waals surface area contributed by atoms with Crippen molar-refractivity contribution in [3.8, 4) is 0 Å². The molecule has 0 bridgehead atoms. The van der Waals surface area contributed by atoms with Crippen molar-refractivity contribution in [2.75, 3.05) is 38.5 Å². The van der Waals surface area contributed by atoms with E-state index < -0.39 is 0 Å². The van der Waals surface area contributed by atoms with E-state index in [9.17, 15) is 4.79 Å². The van der Waals surface area contributed by atoms with Crippen molar-refractivity contribution in [1.29, 1.82) is 0 Å². The molecule has 16 heavy (non-hydrogen) atoms. The topological polar surface area (TPSA) is 44.4 Å². The first-order valence-corrected chi connectivity index (χ1v) is 5.59. The van der Waals surface area contributed by atoms with Gasteiger partial charge in [0.15, 0.2) is 0 Å². The minimum atomic E-state index is 0.117. The molecule has 1 aromatic carbocycles. The van der Waals surface area contributed by atoms with Gasteiger partial charge in [0, 0.05) is 38.9 Å². The van der Waals surface area contributed by atoms with Crippen molar-refractivity contribution >= 4 is 11.6 Å². The van der Waals surface area contributed by atoms with E-state index in [-0.39, 0.29) is 5.91 Å². The van der Waals surface area contributed by atoms with Gasteiger partial charge in [-0.2, -0.15) is 0 Å². The smallest absolute Gasteiger partial charge is 0.256 e. The first-order chi connectivity index (χ1) is 7.83. The quantitative estimate of drug-likeness (QED) is 0.772. The molecule has 1 saturated heterocycles. The molecule has 1 amide bonds. The summed E-state index contributed by atoms with van der Waals surface area (Å²) in [5.74, 6) is 0.117. The minimum absolute atomic E-state index is 0.117. The average molecular weight is 219 g/mol. The molecule has 2 rings (SSSR count). The van der Waals surface area contributed by atoms with E-state index in [4.69, 9.17) is 0 Å². The second kappa shape index (κ2) is 4.99. The minimum Gasteiger partial charge on any atom is -0.387 e. The van der Waals surface area contributed by atoms with E-state index in [0.717, 1.165) is 37.4 Å². The molecule has 86 valence electrons. The first kappa shape index (κ1) is 11.0. The lowest BCUT2D eigenvalue weighted by Gasteiger charge is -2.28. The molecule has 0 atom stereocenters.